The molecule has 5 nitrogen and oxygen atoms in total. The summed E-state index contributed by atoms with van der Waals surface area (Å²) < 4.78 is 6.52. The van der Waals surface area contributed by atoms with E-state index in [1.54, 1.807) is 18.7 Å². The van der Waals surface area contributed by atoms with Crippen LogP contribution >= 0.6 is 0 Å². The number of methoxy groups -OCH3 is 1. The zero-order chi connectivity index (χ0) is 9.14. The molecule has 1 aromatic rings. The molecule has 0 bridgehead atoms. The lowest BCUT2D eigenvalue weighted by molar-refractivity contribution is 0.0949. The number of nitrogens with zero attached hydrogens (tertiary/aromatic N) is 2. The van der Waals surface area contributed by atoms with Gasteiger partial charge >= 0.3 is 0 Å². The Kier molecular flexibility index (Phi) is 2.32. The predicted octanol–water partition coefficient (Wildman–Crippen LogP) is -0.212. The highest BCUT2D eigenvalue weighted by Gasteiger charge is 2.12. The molecule has 0 spiro atoms. The highest BCUT2D eigenvalue weighted by molar-refractivity contribution is 5.90. The first-order valence-electron chi connectivity index (χ1n) is 3.48. The minimum Gasteiger partial charge on any atom is -0.481 e. The fourth-order valence-corrected chi connectivity index (χ4v) is 0.906. The molecule has 0 radical (unpaired) electrons. The van der Waals surface area contributed by atoms with Crippen molar-refractivity contribution >= 4 is 5.91 Å². The van der Waals surface area contributed by atoms with E-state index in [4.69, 9.17) is 4.74 Å². The summed E-state index contributed by atoms with van der Waals surface area (Å²) in [5.74, 6) is 0.684. The maximum Gasteiger partial charge on any atom is 0.287 e. The zero-order valence-corrected chi connectivity index (χ0v) is 7.29. The molecule has 0 unspecified atom stereocenters. The standard InChI is InChI=1S/C7H11N3O2/c1-8-7(11)6-9-4-5(12-3)10(6)2/h4H,1-3H3,(H,8,11). The van der Waals surface area contributed by atoms with Gasteiger partial charge in [-0.2, -0.15) is 0 Å². The van der Waals surface area contributed by atoms with Crippen molar-refractivity contribution in [1.29, 1.82) is 0 Å². The van der Waals surface area contributed by atoms with Crippen LogP contribution in [0.15, 0.2) is 6.20 Å². The van der Waals surface area contributed by atoms with Crippen molar-refractivity contribution in [2.75, 3.05) is 14.2 Å². The van der Waals surface area contributed by atoms with E-state index >= 15 is 0 Å². The summed E-state index contributed by atoms with van der Waals surface area (Å²) in [6.07, 6.45) is 1.50. The highest BCUT2D eigenvalue weighted by atomic mass is 16.5. The summed E-state index contributed by atoms with van der Waals surface area (Å²) >= 11 is 0. The van der Waals surface area contributed by atoms with E-state index in [-0.39, 0.29) is 5.91 Å². The van der Waals surface area contributed by atoms with Gasteiger partial charge in [0.1, 0.15) is 0 Å². The fraction of sp³-hybridized carbons (Fsp3) is 0.429. The maximum atomic E-state index is 11.1. The zero-order valence-electron chi connectivity index (χ0n) is 7.29. The quantitative estimate of drug-likeness (QED) is 0.666. The van der Waals surface area contributed by atoms with Crippen molar-refractivity contribution in [1.82, 2.24) is 14.9 Å². The van der Waals surface area contributed by atoms with Crippen molar-refractivity contribution in [3.05, 3.63) is 12.0 Å². The minimum absolute atomic E-state index is 0.221. The number of rotatable bonds is 2. The highest BCUT2D eigenvalue weighted by Crippen LogP contribution is 2.10. The van der Waals surface area contributed by atoms with Crippen LogP contribution in [0.1, 0.15) is 10.6 Å². The second-order valence-electron chi connectivity index (χ2n) is 2.26. The number of imidazole rings is 1. The Labute approximate surface area is 70.4 Å². The van der Waals surface area contributed by atoms with E-state index in [1.165, 1.54) is 13.3 Å². The van der Waals surface area contributed by atoms with Crippen molar-refractivity contribution in [3.8, 4) is 5.88 Å². The topological polar surface area (TPSA) is 56.1 Å². The van der Waals surface area contributed by atoms with Crippen molar-refractivity contribution in [3.63, 3.8) is 0 Å². The van der Waals surface area contributed by atoms with Gasteiger partial charge in [-0.25, -0.2) is 4.98 Å². The third kappa shape index (κ3) is 1.25. The minimum atomic E-state index is -0.221. The molecule has 0 aromatic carbocycles. The average molecular weight is 169 g/mol. The van der Waals surface area contributed by atoms with Crippen LogP contribution in [0.4, 0.5) is 0 Å². The Balaban J connectivity index is 3.02. The van der Waals surface area contributed by atoms with Crippen LogP contribution < -0.4 is 10.1 Å². The number of hydrogen-bond donors (Lipinski definition) is 1. The number of aromatic nitrogens is 2. The maximum absolute atomic E-state index is 11.1. The largest absolute Gasteiger partial charge is 0.481 e. The molecule has 0 saturated carbocycles. The molecule has 66 valence electrons. The molecule has 5 heteroatoms. The number of carbonyl (C=O) groups is 1. The van der Waals surface area contributed by atoms with Gasteiger partial charge in [0, 0.05) is 14.1 Å². The summed E-state index contributed by atoms with van der Waals surface area (Å²) in [7, 11) is 4.81. The van der Waals surface area contributed by atoms with Crippen LogP contribution in [0, 0.1) is 0 Å². The molecule has 0 aliphatic carbocycles. The van der Waals surface area contributed by atoms with Crippen molar-refractivity contribution in [2.45, 2.75) is 0 Å². The number of nitrogens with one attached hydrogen (secondary N) is 1. The normalized spacial score (nSPS) is 9.58. The van der Waals surface area contributed by atoms with Crippen LogP contribution in [-0.2, 0) is 7.05 Å². The van der Waals surface area contributed by atoms with E-state index in [0.29, 0.717) is 11.7 Å². The Hall–Kier alpha value is -1.52. The molecule has 12 heavy (non-hydrogen) atoms. The van der Waals surface area contributed by atoms with Gasteiger partial charge < -0.3 is 10.1 Å². The first-order valence-corrected chi connectivity index (χ1v) is 3.48. The van der Waals surface area contributed by atoms with Gasteiger partial charge in [-0.3, -0.25) is 9.36 Å². The van der Waals surface area contributed by atoms with Gasteiger partial charge in [-0.1, -0.05) is 0 Å². The molecule has 0 saturated heterocycles. The second-order valence-corrected chi connectivity index (χ2v) is 2.26. The number of amides is 1. The molecule has 0 fully saturated rings. The van der Waals surface area contributed by atoms with Gasteiger partial charge in [0.15, 0.2) is 0 Å². The molecule has 1 rings (SSSR count). The first kappa shape index (κ1) is 8.58. The summed E-state index contributed by atoms with van der Waals surface area (Å²) in [6.45, 7) is 0. The SMILES string of the molecule is CNC(=O)c1ncc(OC)n1C. The van der Waals surface area contributed by atoms with Crippen LogP contribution in [0.25, 0.3) is 0 Å². The van der Waals surface area contributed by atoms with Gasteiger partial charge in [0.05, 0.1) is 13.3 Å². The summed E-state index contributed by atoms with van der Waals surface area (Å²) in [5, 5.41) is 2.48. The molecule has 1 N–H and O–H groups in total. The summed E-state index contributed by atoms with van der Waals surface area (Å²) in [4.78, 5) is 15.0. The molecular formula is C7H11N3O2. The predicted molar refractivity (Wildman–Crippen MR) is 43.2 cm³/mol. The molecule has 1 heterocycles. The van der Waals surface area contributed by atoms with E-state index in [0.717, 1.165) is 0 Å². The first-order chi connectivity index (χ1) is 5.70. The van der Waals surface area contributed by atoms with Crippen LogP contribution in [0.2, 0.25) is 0 Å². The van der Waals surface area contributed by atoms with E-state index in [9.17, 15) is 4.79 Å². The Morgan fingerprint density at radius 1 is 1.75 bits per heavy atom. The van der Waals surface area contributed by atoms with E-state index in [1.807, 2.05) is 0 Å². The lowest BCUT2D eigenvalue weighted by Crippen LogP contribution is -2.21. The van der Waals surface area contributed by atoms with E-state index < -0.39 is 0 Å². The fourth-order valence-electron chi connectivity index (χ4n) is 0.906. The van der Waals surface area contributed by atoms with Gasteiger partial charge in [-0.15, -0.1) is 0 Å². The van der Waals surface area contributed by atoms with Crippen LogP contribution in [0.3, 0.4) is 0 Å². The third-order valence-corrected chi connectivity index (χ3v) is 1.58. The lowest BCUT2D eigenvalue weighted by Gasteiger charge is -2.02. The van der Waals surface area contributed by atoms with Crippen molar-refractivity contribution < 1.29 is 9.53 Å². The number of hydrogen-bond acceptors (Lipinski definition) is 3. The number of ether oxygens (including phenoxy) is 1. The van der Waals surface area contributed by atoms with Crippen LogP contribution in [-0.4, -0.2) is 29.6 Å². The third-order valence-electron chi connectivity index (χ3n) is 1.58. The Bertz CT molecular complexity index is 293. The Morgan fingerprint density at radius 2 is 2.42 bits per heavy atom. The molecule has 0 atom stereocenters. The van der Waals surface area contributed by atoms with Gasteiger partial charge in [0.25, 0.3) is 5.91 Å². The molecule has 1 amide bonds. The smallest absolute Gasteiger partial charge is 0.287 e. The average Bonchev–Trinajstić information content (AvgIpc) is 2.45. The molecule has 0 aliphatic heterocycles. The Morgan fingerprint density at radius 3 is 2.83 bits per heavy atom. The van der Waals surface area contributed by atoms with Crippen LogP contribution in [0.5, 0.6) is 5.88 Å². The van der Waals surface area contributed by atoms with E-state index in [2.05, 4.69) is 10.3 Å². The lowest BCUT2D eigenvalue weighted by atomic mass is 10.5. The summed E-state index contributed by atoms with van der Waals surface area (Å²) in [6, 6.07) is 0. The van der Waals surface area contributed by atoms with Gasteiger partial charge in [0.2, 0.25) is 11.7 Å². The summed E-state index contributed by atoms with van der Waals surface area (Å²) in [5.41, 5.74) is 0. The van der Waals surface area contributed by atoms with Gasteiger partial charge in [-0.05, 0) is 0 Å². The molecular weight excluding hydrogens is 158 g/mol. The second kappa shape index (κ2) is 3.25. The molecule has 0 aliphatic rings. The monoisotopic (exact) mass is 169 g/mol. The number of carbonyl (C=O) groups excluding carboxylic acids is 1. The molecule has 1 aromatic heterocycles. The van der Waals surface area contributed by atoms with Crippen molar-refractivity contribution in [2.24, 2.45) is 7.05 Å².